The van der Waals surface area contributed by atoms with Crippen molar-refractivity contribution in [2.45, 2.75) is 44.9 Å². The van der Waals surface area contributed by atoms with Crippen molar-refractivity contribution in [2.75, 3.05) is 11.9 Å². The minimum absolute atomic E-state index is 0.0516. The van der Waals surface area contributed by atoms with Gasteiger partial charge in [-0.15, -0.1) is 0 Å². The van der Waals surface area contributed by atoms with Crippen LogP contribution in [0.15, 0.2) is 47.1 Å². The number of aryl methyl sites for hydroxylation is 2. The summed E-state index contributed by atoms with van der Waals surface area (Å²) < 4.78 is 43.8. The van der Waals surface area contributed by atoms with E-state index in [1.54, 1.807) is 0 Å². The molecule has 2 bridgehead atoms. The van der Waals surface area contributed by atoms with Crippen LogP contribution in [0.2, 0.25) is 0 Å². The Morgan fingerprint density at radius 1 is 1.15 bits per heavy atom. The number of piperidine rings is 1. The molecule has 1 saturated heterocycles. The first-order valence-electron chi connectivity index (χ1n) is 10.9. The number of carbonyl (C=O) groups excluding carboxylic acids is 1. The fourth-order valence-corrected chi connectivity index (χ4v) is 5.16. The smallest absolute Gasteiger partial charge is 0.365 e. The summed E-state index contributed by atoms with van der Waals surface area (Å²) in [6.45, 7) is 4.34. The molecule has 3 heterocycles. The van der Waals surface area contributed by atoms with Crippen LogP contribution in [0.1, 0.15) is 40.2 Å². The number of halogens is 3. The zero-order chi connectivity index (χ0) is 23.3. The second kappa shape index (κ2) is 7.90. The molecule has 2 aliphatic rings. The number of likely N-dealkylation sites (tertiary alicyclic amines) is 1. The molecule has 1 saturated carbocycles. The summed E-state index contributed by atoms with van der Waals surface area (Å²) >= 11 is 0. The predicted octanol–water partition coefficient (Wildman–Crippen LogP) is 5.09. The van der Waals surface area contributed by atoms with Crippen LogP contribution in [0.4, 0.5) is 19.0 Å². The zero-order valence-electron chi connectivity index (χ0n) is 18.2. The van der Waals surface area contributed by atoms with Gasteiger partial charge in [-0.05, 0) is 56.4 Å². The van der Waals surface area contributed by atoms with E-state index in [9.17, 15) is 18.0 Å². The molecule has 3 unspecified atom stereocenters. The molecule has 5 rings (SSSR count). The summed E-state index contributed by atoms with van der Waals surface area (Å²) in [5, 5.41) is 7.27. The van der Waals surface area contributed by atoms with Gasteiger partial charge < -0.3 is 14.7 Å². The highest BCUT2D eigenvalue weighted by molar-refractivity contribution is 6.01. The molecular formula is C24H23F3N4O2. The number of nitrogens with one attached hydrogen (secondary N) is 1. The van der Waals surface area contributed by atoms with E-state index in [1.807, 2.05) is 43.0 Å². The summed E-state index contributed by atoms with van der Waals surface area (Å²) in [5.74, 6) is 1.31. The second-order valence-corrected chi connectivity index (χ2v) is 8.79. The van der Waals surface area contributed by atoms with Gasteiger partial charge in [-0.1, -0.05) is 23.4 Å². The topological polar surface area (TPSA) is 71.3 Å². The average Bonchev–Trinajstić information content (AvgIpc) is 3.47. The van der Waals surface area contributed by atoms with Gasteiger partial charge in [-0.2, -0.15) is 13.2 Å². The van der Waals surface area contributed by atoms with Gasteiger partial charge in [-0.3, -0.25) is 4.79 Å². The van der Waals surface area contributed by atoms with Crippen molar-refractivity contribution in [1.82, 2.24) is 15.0 Å². The number of nitrogens with zero attached hydrogens (tertiary/aromatic N) is 3. The Kier molecular flexibility index (Phi) is 5.14. The molecule has 172 valence electrons. The number of carbonyl (C=O) groups is 1. The normalized spacial score (nSPS) is 22.1. The van der Waals surface area contributed by atoms with Gasteiger partial charge in [0, 0.05) is 29.9 Å². The molecule has 3 atom stereocenters. The van der Waals surface area contributed by atoms with E-state index in [4.69, 9.17) is 4.52 Å². The first-order valence-corrected chi connectivity index (χ1v) is 10.9. The van der Waals surface area contributed by atoms with Gasteiger partial charge in [0.05, 0.1) is 17.3 Å². The molecule has 0 radical (unpaired) electrons. The van der Waals surface area contributed by atoms with E-state index in [0.717, 1.165) is 41.9 Å². The molecule has 3 aromatic rings. The lowest BCUT2D eigenvalue weighted by Gasteiger charge is -2.34. The van der Waals surface area contributed by atoms with Crippen LogP contribution in [0.5, 0.6) is 0 Å². The number of fused-ring (bicyclic) bond motifs is 2. The summed E-state index contributed by atoms with van der Waals surface area (Å²) in [4.78, 5) is 19.5. The Morgan fingerprint density at radius 3 is 2.58 bits per heavy atom. The number of aromatic nitrogens is 2. The molecule has 1 aliphatic carbocycles. The van der Waals surface area contributed by atoms with Crippen LogP contribution in [-0.2, 0) is 6.18 Å². The van der Waals surface area contributed by atoms with Crippen LogP contribution in [-0.4, -0.2) is 39.6 Å². The fraction of sp³-hybridized carbons (Fsp3) is 0.375. The molecule has 2 fully saturated rings. The number of pyridine rings is 1. The third-order valence-corrected chi connectivity index (χ3v) is 6.63. The number of hydrogen-bond acceptors (Lipinski definition) is 5. The van der Waals surface area contributed by atoms with Crippen molar-refractivity contribution >= 4 is 11.7 Å². The van der Waals surface area contributed by atoms with Crippen molar-refractivity contribution < 1.29 is 22.5 Å². The summed E-state index contributed by atoms with van der Waals surface area (Å²) in [5.41, 5.74) is 2.14. The molecular weight excluding hydrogens is 433 g/mol. The minimum Gasteiger partial charge on any atom is -0.365 e. The van der Waals surface area contributed by atoms with Crippen LogP contribution in [0.3, 0.4) is 0 Å². The number of hydrogen-bond donors (Lipinski definition) is 1. The number of anilines is 1. The van der Waals surface area contributed by atoms with E-state index in [2.05, 4.69) is 15.5 Å². The first kappa shape index (κ1) is 21.5. The molecule has 9 heteroatoms. The van der Waals surface area contributed by atoms with Gasteiger partial charge in [0.25, 0.3) is 5.91 Å². The van der Waals surface area contributed by atoms with Crippen molar-refractivity contribution in [3.05, 3.63) is 65.2 Å². The van der Waals surface area contributed by atoms with E-state index < -0.39 is 11.7 Å². The highest BCUT2D eigenvalue weighted by atomic mass is 19.4. The molecule has 1 amide bonds. The van der Waals surface area contributed by atoms with Gasteiger partial charge in [0.2, 0.25) is 0 Å². The Balaban J connectivity index is 1.37. The number of benzene rings is 1. The highest BCUT2D eigenvalue weighted by Gasteiger charge is 2.47. The molecule has 0 spiro atoms. The summed E-state index contributed by atoms with van der Waals surface area (Å²) in [6, 6.07) is 9.68. The predicted molar refractivity (Wildman–Crippen MR) is 116 cm³/mol. The van der Waals surface area contributed by atoms with Gasteiger partial charge in [-0.25, -0.2) is 4.98 Å². The first-order chi connectivity index (χ1) is 15.7. The van der Waals surface area contributed by atoms with Crippen molar-refractivity contribution in [3.63, 3.8) is 0 Å². The Hall–Kier alpha value is -3.36. The quantitative estimate of drug-likeness (QED) is 0.592. The summed E-state index contributed by atoms with van der Waals surface area (Å²) in [7, 11) is 0. The Morgan fingerprint density at radius 2 is 1.94 bits per heavy atom. The van der Waals surface area contributed by atoms with E-state index in [0.29, 0.717) is 29.6 Å². The molecule has 1 aliphatic heterocycles. The van der Waals surface area contributed by atoms with Crippen LogP contribution >= 0.6 is 0 Å². The monoisotopic (exact) mass is 456 g/mol. The zero-order valence-corrected chi connectivity index (χ0v) is 18.2. The summed E-state index contributed by atoms with van der Waals surface area (Å²) in [6.07, 6.45) is -1.88. The SMILES string of the molecule is Cc1noc(C)c1-c1ccccc1C(=O)N1CC2CC(Nc3ccc(C(F)(F)F)cn3)C1C2. The van der Waals surface area contributed by atoms with Gasteiger partial charge >= 0.3 is 6.18 Å². The molecule has 6 nitrogen and oxygen atoms in total. The Labute approximate surface area is 188 Å². The largest absolute Gasteiger partial charge is 0.417 e. The maximum absolute atomic E-state index is 13.6. The molecule has 1 N–H and O–H groups in total. The Bertz CT molecular complexity index is 1170. The number of amides is 1. The average molecular weight is 456 g/mol. The van der Waals surface area contributed by atoms with E-state index in [-0.39, 0.29) is 18.0 Å². The van der Waals surface area contributed by atoms with Gasteiger partial charge in [0.15, 0.2) is 0 Å². The lowest BCUT2D eigenvalue weighted by Crippen LogP contribution is -2.47. The highest BCUT2D eigenvalue weighted by Crippen LogP contribution is 2.41. The van der Waals surface area contributed by atoms with Crippen LogP contribution < -0.4 is 5.32 Å². The maximum atomic E-state index is 13.6. The van der Waals surface area contributed by atoms with E-state index >= 15 is 0 Å². The molecule has 1 aromatic carbocycles. The molecule has 33 heavy (non-hydrogen) atoms. The van der Waals surface area contributed by atoms with Gasteiger partial charge in [0.1, 0.15) is 11.6 Å². The third-order valence-electron chi connectivity index (χ3n) is 6.63. The number of rotatable bonds is 4. The molecule has 2 aromatic heterocycles. The van der Waals surface area contributed by atoms with Crippen molar-refractivity contribution in [3.8, 4) is 11.1 Å². The van der Waals surface area contributed by atoms with Crippen molar-refractivity contribution in [2.24, 2.45) is 5.92 Å². The number of alkyl halides is 3. The lowest BCUT2D eigenvalue weighted by molar-refractivity contribution is -0.137. The lowest BCUT2D eigenvalue weighted by atomic mass is 9.96. The second-order valence-electron chi connectivity index (χ2n) is 8.79. The maximum Gasteiger partial charge on any atom is 0.417 e. The minimum atomic E-state index is -4.42. The standard InChI is InChI=1S/C24H23F3N4O2/c1-13-22(14(2)33-30-13)17-5-3-4-6-18(17)23(32)31-12-15-9-19(20(31)10-15)29-21-8-7-16(11-28-21)24(25,26)27/h3-8,11,15,19-20H,9-10,12H2,1-2H3,(H,28,29). The third kappa shape index (κ3) is 3.85. The van der Waals surface area contributed by atoms with Crippen LogP contribution in [0, 0.1) is 19.8 Å². The fourth-order valence-electron chi connectivity index (χ4n) is 5.16. The van der Waals surface area contributed by atoms with E-state index in [1.165, 1.54) is 6.07 Å². The van der Waals surface area contributed by atoms with Crippen molar-refractivity contribution in [1.29, 1.82) is 0 Å². The van der Waals surface area contributed by atoms with Crippen LogP contribution in [0.25, 0.3) is 11.1 Å².